The van der Waals surface area contributed by atoms with Crippen LogP contribution in [0.15, 0.2) is 6.07 Å². The summed E-state index contributed by atoms with van der Waals surface area (Å²) in [5.74, 6) is 0.526. The Kier molecular flexibility index (Phi) is 5.15. The van der Waals surface area contributed by atoms with E-state index in [1.165, 1.54) is 0 Å². The van der Waals surface area contributed by atoms with Gasteiger partial charge in [-0.25, -0.2) is 8.42 Å². The van der Waals surface area contributed by atoms with Gasteiger partial charge in [-0.1, -0.05) is 13.8 Å². The van der Waals surface area contributed by atoms with Gasteiger partial charge in [0.25, 0.3) is 0 Å². The molecule has 0 amide bonds. The molecular weight excluding hydrogens is 254 g/mol. The fraction of sp³-hybridized carbons (Fsp3) is 0.727. The molecule has 1 heterocycles. The molecule has 1 aromatic heterocycles. The van der Waals surface area contributed by atoms with Crippen molar-refractivity contribution >= 4 is 15.8 Å². The van der Waals surface area contributed by atoms with E-state index in [0.717, 1.165) is 5.69 Å². The third-order valence-electron chi connectivity index (χ3n) is 2.28. The number of nitrogens with one attached hydrogen (secondary N) is 2. The van der Waals surface area contributed by atoms with E-state index < -0.39 is 10.0 Å². The molecule has 6 nitrogen and oxygen atoms in total. The number of rotatable bonds is 7. The molecule has 0 unspecified atom stereocenters. The molecule has 104 valence electrons. The Morgan fingerprint density at radius 3 is 2.56 bits per heavy atom. The summed E-state index contributed by atoms with van der Waals surface area (Å²) in [5.41, 5.74) is 0.895. The zero-order valence-corrected chi connectivity index (χ0v) is 12.0. The van der Waals surface area contributed by atoms with E-state index in [9.17, 15) is 8.42 Å². The normalized spacial score (nSPS) is 12.3. The molecule has 7 heteroatoms. The second-order valence-corrected chi connectivity index (χ2v) is 6.55. The molecule has 0 bridgehead atoms. The number of hydrogen-bond acceptors (Lipinski definition) is 4. The average molecular weight is 275 g/mol. The van der Waals surface area contributed by atoms with Gasteiger partial charge in [-0.15, -0.1) is 0 Å². The van der Waals surface area contributed by atoms with Gasteiger partial charge >= 0.3 is 0 Å². The van der Waals surface area contributed by atoms with E-state index in [2.05, 4.69) is 14.9 Å². The van der Waals surface area contributed by atoms with Crippen molar-refractivity contribution in [2.45, 2.75) is 39.7 Å². The van der Waals surface area contributed by atoms with Crippen molar-refractivity contribution in [3.63, 3.8) is 0 Å². The van der Waals surface area contributed by atoms with Gasteiger partial charge in [0.15, 0.2) is 5.82 Å². The highest BCUT2D eigenvalue weighted by Gasteiger charge is 2.13. The van der Waals surface area contributed by atoms with Crippen molar-refractivity contribution in [2.24, 2.45) is 0 Å². The fourth-order valence-electron chi connectivity index (χ4n) is 1.29. The number of hydrogen-bond donors (Lipinski definition) is 2. The zero-order chi connectivity index (χ0) is 13.8. The summed E-state index contributed by atoms with van der Waals surface area (Å²) < 4.78 is 31.1. The highest BCUT2D eigenvalue weighted by Crippen LogP contribution is 2.15. The predicted octanol–water partition coefficient (Wildman–Crippen LogP) is 1.70. The maximum atomic E-state index is 11.7. The first-order valence-corrected chi connectivity index (χ1v) is 7.63. The molecule has 0 radical (unpaired) electrons. The van der Waals surface area contributed by atoms with E-state index in [4.69, 9.17) is 4.74 Å². The number of aromatic nitrogens is 2. The van der Waals surface area contributed by atoms with Crippen LogP contribution in [0.3, 0.4) is 0 Å². The molecule has 1 rings (SSSR count). The van der Waals surface area contributed by atoms with Crippen LogP contribution in [0.4, 0.5) is 5.82 Å². The van der Waals surface area contributed by atoms with E-state index in [1.807, 2.05) is 27.7 Å². The molecule has 0 saturated carbocycles. The van der Waals surface area contributed by atoms with Crippen molar-refractivity contribution in [1.29, 1.82) is 0 Å². The monoisotopic (exact) mass is 275 g/mol. The van der Waals surface area contributed by atoms with Crippen LogP contribution in [0, 0.1) is 0 Å². The Morgan fingerprint density at radius 2 is 2.06 bits per heavy atom. The van der Waals surface area contributed by atoms with Crippen LogP contribution < -0.4 is 4.72 Å². The van der Waals surface area contributed by atoms with Crippen molar-refractivity contribution in [1.82, 2.24) is 10.2 Å². The standard InChI is InChI=1S/C11H21N3O3S/c1-8(2)10-7-11(13-12-10)14-18(15,16)6-5-17-9(3)4/h7-9H,5-6H2,1-4H3,(H2,12,13,14). The Balaban J connectivity index is 2.54. The van der Waals surface area contributed by atoms with Gasteiger partial charge in [-0.05, 0) is 19.8 Å². The summed E-state index contributed by atoms with van der Waals surface area (Å²) in [4.78, 5) is 0. The molecule has 0 atom stereocenters. The number of ether oxygens (including phenoxy) is 1. The van der Waals surface area contributed by atoms with Gasteiger partial charge in [0.1, 0.15) is 0 Å². The van der Waals surface area contributed by atoms with Gasteiger partial charge in [0, 0.05) is 11.8 Å². The highest BCUT2D eigenvalue weighted by molar-refractivity contribution is 7.92. The first-order valence-electron chi connectivity index (χ1n) is 5.97. The summed E-state index contributed by atoms with van der Waals surface area (Å²) in [7, 11) is -3.40. The van der Waals surface area contributed by atoms with E-state index in [1.54, 1.807) is 6.07 Å². The molecule has 0 saturated heterocycles. The number of nitrogens with zero attached hydrogens (tertiary/aromatic N) is 1. The van der Waals surface area contributed by atoms with Crippen LogP contribution in [-0.2, 0) is 14.8 Å². The Labute approximate surface area is 108 Å². The fourth-order valence-corrected chi connectivity index (χ4v) is 2.13. The average Bonchev–Trinajstić information content (AvgIpc) is 2.64. The van der Waals surface area contributed by atoms with Crippen LogP contribution in [0.1, 0.15) is 39.3 Å². The van der Waals surface area contributed by atoms with Crippen LogP contribution in [0.5, 0.6) is 0 Å². The van der Waals surface area contributed by atoms with Gasteiger partial charge in [-0.3, -0.25) is 9.82 Å². The van der Waals surface area contributed by atoms with Crippen LogP contribution >= 0.6 is 0 Å². The molecule has 18 heavy (non-hydrogen) atoms. The van der Waals surface area contributed by atoms with Crippen LogP contribution in [0.25, 0.3) is 0 Å². The van der Waals surface area contributed by atoms with Gasteiger partial charge in [0.2, 0.25) is 10.0 Å². The summed E-state index contributed by atoms with van der Waals surface area (Å²) >= 11 is 0. The zero-order valence-electron chi connectivity index (χ0n) is 11.2. The van der Waals surface area contributed by atoms with E-state index >= 15 is 0 Å². The maximum absolute atomic E-state index is 11.7. The second kappa shape index (κ2) is 6.19. The number of H-pyrrole nitrogens is 1. The summed E-state index contributed by atoms with van der Waals surface area (Å²) in [5, 5.41) is 6.70. The van der Waals surface area contributed by atoms with E-state index in [0.29, 0.717) is 5.82 Å². The minimum absolute atomic E-state index is 0.0260. The Hall–Kier alpha value is -1.08. The lowest BCUT2D eigenvalue weighted by Gasteiger charge is -2.08. The van der Waals surface area contributed by atoms with Crippen molar-refractivity contribution < 1.29 is 13.2 Å². The maximum Gasteiger partial charge on any atom is 0.236 e. The van der Waals surface area contributed by atoms with Crippen LogP contribution in [-0.4, -0.2) is 37.1 Å². The second-order valence-electron chi connectivity index (χ2n) is 4.70. The minimum atomic E-state index is -3.40. The summed E-state index contributed by atoms with van der Waals surface area (Å²) in [6.45, 7) is 7.91. The van der Waals surface area contributed by atoms with Gasteiger partial charge < -0.3 is 4.74 Å². The minimum Gasteiger partial charge on any atom is -0.378 e. The lowest BCUT2D eigenvalue weighted by Crippen LogP contribution is -2.21. The molecule has 0 fully saturated rings. The lowest BCUT2D eigenvalue weighted by molar-refractivity contribution is 0.0913. The van der Waals surface area contributed by atoms with Crippen molar-refractivity contribution in [2.75, 3.05) is 17.1 Å². The topological polar surface area (TPSA) is 84.1 Å². The third kappa shape index (κ3) is 5.05. The molecule has 0 aliphatic rings. The lowest BCUT2D eigenvalue weighted by atomic mass is 10.1. The Morgan fingerprint density at radius 1 is 1.39 bits per heavy atom. The van der Waals surface area contributed by atoms with Crippen molar-refractivity contribution in [3.8, 4) is 0 Å². The number of sulfonamides is 1. The largest absolute Gasteiger partial charge is 0.378 e. The molecule has 0 spiro atoms. The highest BCUT2D eigenvalue weighted by atomic mass is 32.2. The van der Waals surface area contributed by atoms with Gasteiger partial charge in [0.05, 0.1) is 18.5 Å². The molecule has 1 aromatic rings. The predicted molar refractivity (Wildman–Crippen MR) is 71.2 cm³/mol. The summed E-state index contributed by atoms with van der Waals surface area (Å²) in [6, 6.07) is 1.70. The first-order chi connectivity index (χ1) is 8.30. The number of aromatic amines is 1. The molecular formula is C11H21N3O3S. The first kappa shape index (κ1) is 15.0. The quantitative estimate of drug-likeness (QED) is 0.793. The molecule has 2 N–H and O–H groups in total. The molecule has 0 aliphatic carbocycles. The summed E-state index contributed by atoms with van der Waals surface area (Å²) in [6.07, 6.45) is 0.0260. The van der Waals surface area contributed by atoms with Crippen molar-refractivity contribution in [3.05, 3.63) is 11.8 Å². The third-order valence-corrected chi connectivity index (χ3v) is 3.51. The van der Waals surface area contributed by atoms with E-state index in [-0.39, 0.29) is 24.4 Å². The Bertz CT molecular complexity index is 466. The van der Waals surface area contributed by atoms with Crippen LogP contribution in [0.2, 0.25) is 0 Å². The molecule has 0 aliphatic heterocycles. The number of anilines is 1. The SMILES string of the molecule is CC(C)OCCS(=O)(=O)Nc1cc(C(C)C)[nH]n1. The molecule has 0 aromatic carbocycles. The smallest absolute Gasteiger partial charge is 0.236 e. The van der Waals surface area contributed by atoms with Gasteiger partial charge in [-0.2, -0.15) is 5.10 Å².